The second-order valence-corrected chi connectivity index (χ2v) is 5.03. The minimum atomic E-state index is -1.16. The molecule has 2 amide bonds. The molecule has 0 radical (unpaired) electrons. The zero-order valence-corrected chi connectivity index (χ0v) is 12.3. The van der Waals surface area contributed by atoms with E-state index in [4.69, 9.17) is 23.2 Å². The van der Waals surface area contributed by atoms with Crippen LogP contribution < -0.4 is 10.6 Å². The van der Waals surface area contributed by atoms with Crippen molar-refractivity contribution < 1.29 is 18.4 Å². The van der Waals surface area contributed by atoms with E-state index in [0.29, 0.717) is 0 Å². The van der Waals surface area contributed by atoms with Gasteiger partial charge in [0.1, 0.15) is 11.6 Å². The highest BCUT2D eigenvalue weighted by molar-refractivity contribution is 6.43. The van der Waals surface area contributed by atoms with Gasteiger partial charge in [-0.3, -0.25) is 9.59 Å². The molecule has 4 nitrogen and oxygen atoms in total. The summed E-state index contributed by atoms with van der Waals surface area (Å²) in [7, 11) is 0. The molecule has 114 valence electrons. The molecule has 0 fully saturated rings. The van der Waals surface area contributed by atoms with Gasteiger partial charge >= 0.3 is 11.8 Å². The van der Waals surface area contributed by atoms with Crippen LogP contribution in [0.4, 0.5) is 20.2 Å². The summed E-state index contributed by atoms with van der Waals surface area (Å²) in [6.07, 6.45) is 0. The number of hydrogen-bond donors (Lipinski definition) is 2. The molecule has 0 aliphatic carbocycles. The largest absolute Gasteiger partial charge is 0.315 e. The van der Waals surface area contributed by atoms with E-state index in [1.807, 2.05) is 0 Å². The Labute approximate surface area is 134 Å². The minimum absolute atomic E-state index is 0.142. The molecule has 0 heterocycles. The molecule has 2 rings (SSSR count). The molecule has 0 aliphatic heterocycles. The number of rotatable bonds is 2. The van der Waals surface area contributed by atoms with Crippen molar-refractivity contribution in [3.8, 4) is 0 Å². The second kappa shape index (κ2) is 6.72. The summed E-state index contributed by atoms with van der Waals surface area (Å²) in [5, 5.41) is 4.39. The van der Waals surface area contributed by atoms with Crippen LogP contribution in [0.15, 0.2) is 36.4 Å². The summed E-state index contributed by atoms with van der Waals surface area (Å²) in [6.45, 7) is 0. The maximum absolute atomic E-state index is 13.5. The van der Waals surface area contributed by atoms with Crippen molar-refractivity contribution in [1.82, 2.24) is 0 Å². The van der Waals surface area contributed by atoms with E-state index < -0.39 is 23.4 Å². The van der Waals surface area contributed by atoms with E-state index in [9.17, 15) is 18.4 Å². The van der Waals surface area contributed by atoms with Gasteiger partial charge in [-0.1, -0.05) is 23.2 Å². The van der Waals surface area contributed by atoms with Crippen LogP contribution in [0.2, 0.25) is 10.0 Å². The zero-order valence-electron chi connectivity index (χ0n) is 10.8. The van der Waals surface area contributed by atoms with Crippen LogP contribution in [0.3, 0.4) is 0 Å². The molecule has 2 aromatic rings. The molecule has 0 saturated carbocycles. The summed E-state index contributed by atoms with van der Waals surface area (Å²) in [5.74, 6) is -3.91. The smallest absolute Gasteiger partial charge is 0.314 e. The van der Waals surface area contributed by atoms with Gasteiger partial charge in [-0.25, -0.2) is 8.78 Å². The maximum atomic E-state index is 13.5. The lowest BCUT2D eigenvalue weighted by molar-refractivity contribution is -0.133. The van der Waals surface area contributed by atoms with Crippen molar-refractivity contribution in [2.24, 2.45) is 0 Å². The Kier molecular flexibility index (Phi) is 4.95. The predicted octanol–water partition coefficient (Wildman–Crippen LogP) is 3.85. The lowest BCUT2D eigenvalue weighted by Crippen LogP contribution is -2.29. The Hall–Kier alpha value is -2.18. The zero-order chi connectivity index (χ0) is 16.3. The lowest BCUT2D eigenvalue weighted by atomic mass is 10.3. The Morgan fingerprint density at radius 2 is 1.14 bits per heavy atom. The molecule has 0 atom stereocenters. The van der Waals surface area contributed by atoms with E-state index in [2.05, 4.69) is 10.6 Å². The molecular formula is C14H8Cl2F2N2O2. The molecule has 2 aromatic carbocycles. The van der Waals surface area contributed by atoms with Crippen molar-refractivity contribution in [3.63, 3.8) is 0 Å². The van der Waals surface area contributed by atoms with Crippen LogP contribution in [-0.2, 0) is 9.59 Å². The first-order chi connectivity index (χ1) is 10.4. The Balaban J connectivity index is 2.07. The van der Waals surface area contributed by atoms with Crippen LogP contribution in [0.5, 0.6) is 0 Å². The highest BCUT2D eigenvalue weighted by Gasteiger charge is 2.17. The number of amides is 2. The number of anilines is 2. The molecule has 8 heteroatoms. The monoisotopic (exact) mass is 344 g/mol. The second-order valence-electron chi connectivity index (χ2n) is 4.16. The average Bonchev–Trinajstić information content (AvgIpc) is 2.44. The van der Waals surface area contributed by atoms with E-state index in [0.717, 1.165) is 12.1 Å². The van der Waals surface area contributed by atoms with Crippen LogP contribution >= 0.6 is 23.2 Å². The Morgan fingerprint density at radius 1 is 0.773 bits per heavy atom. The van der Waals surface area contributed by atoms with Crippen molar-refractivity contribution in [2.45, 2.75) is 0 Å². The molecule has 0 aliphatic rings. The van der Waals surface area contributed by atoms with E-state index >= 15 is 0 Å². The lowest BCUT2D eigenvalue weighted by Gasteiger charge is -2.08. The van der Waals surface area contributed by atoms with Crippen LogP contribution in [0.1, 0.15) is 0 Å². The Bertz CT molecular complexity index is 690. The van der Waals surface area contributed by atoms with Gasteiger partial charge in [-0.2, -0.15) is 0 Å². The van der Waals surface area contributed by atoms with Gasteiger partial charge in [-0.15, -0.1) is 0 Å². The van der Waals surface area contributed by atoms with Gasteiger partial charge in [0, 0.05) is 10.0 Å². The molecule has 0 bridgehead atoms. The molecule has 2 N–H and O–H groups in total. The summed E-state index contributed by atoms with van der Waals surface area (Å²) in [4.78, 5) is 23.3. The number of carbonyl (C=O) groups excluding carboxylic acids is 2. The first kappa shape index (κ1) is 16.2. The minimum Gasteiger partial charge on any atom is -0.315 e. The van der Waals surface area contributed by atoms with Crippen molar-refractivity contribution in [3.05, 3.63) is 58.1 Å². The molecule has 0 saturated heterocycles. The van der Waals surface area contributed by atoms with Crippen LogP contribution in [-0.4, -0.2) is 11.8 Å². The van der Waals surface area contributed by atoms with E-state index in [1.165, 1.54) is 24.3 Å². The van der Waals surface area contributed by atoms with Gasteiger partial charge in [0.15, 0.2) is 0 Å². The highest BCUT2D eigenvalue weighted by Crippen LogP contribution is 2.20. The molecule has 0 unspecified atom stereocenters. The third kappa shape index (κ3) is 3.93. The number of hydrogen-bond acceptors (Lipinski definition) is 2. The van der Waals surface area contributed by atoms with Crippen LogP contribution in [0, 0.1) is 11.6 Å². The summed E-state index contributed by atoms with van der Waals surface area (Å²) >= 11 is 11.1. The van der Waals surface area contributed by atoms with Gasteiger partial charge in [0.05, 0.1) is 11.4 Å². The Morgan fingerprint density at radius 3 is 1.45 bits per heavy atom. The predicted molar refractivity (Wildman–Crippen MR) is 80.1 cm³/mol. The fourth-order valence-corrected chi connectivity index (χ4v) is 1.86. The fraction of sp³-hybridized carbons (Fsp3) is 0. The first-order valence-corrected chi connectivity index (χ1v) is 6.65. The molecule has 0 spiro atoms. The maximum Gasteiger partial charge on any atom is 0.314 e. The quantitative estimate of drug-likeness (QED) is 0.813. The van der Waals surface area contributed by atoms with Gasteiger partial charge in [0.2, 0.25) is 0 Å². The summed E-state index contributed by atoms with van der Waals surface area (Å²) in [6, 6.07) is 7.05. The number of halogens is 4. The number of carbonyl (C=O) groups is 2. The highest BCUT2D eigenvalue weighted by atomic mass is 35.5. The topological polar surface area (TPSA) is 58.2 Å². The van der Waals surface area contributed by atoms with Crippen molar-refractivity contribution in [2.75, 3.05) is 10.6 Å². The van der Waals surface area contributed by atoms with E-state index in [-0.39, 0.29) is 21.4 Å². The standard InChI is InChI=1S/C14H8Cl2F2N2O2/c15-7-1-3-11(9(17)5-7)19-13(21)14(22)20-12-4-2-8(16)6-10(12)18/h1-6H,(H,19,21)(H,20,22). The normalized spacial score (nSPS) is 10.2. The number of nitrogens with one attached hydrogen (secondary N) is 2. The van der Waals surface area contributed by atoms with Crippen LogP contribution in [0.25, 0.3) is 0 Å². The van der Waals surface area contributed by atoms with Gasteiger partial charge < -0.3 is 10.6 Å². The molecule has 22 heavy (non-hydrogen) atoms. The van der Waals surface area contributed by atoms with Crippen molar-refractivity contribution >= 4 is 46.4 Å². The third-order valence-corrected chi connectivity index (χ3v) is 3.04. The van der Waals surface area contributed by atoms with Crippen molar-refractivity contribution in [1.29, 1.82) is 0 Å². The SMILES string of the molecule is O=C(Nc1ccc(Cl)cc1F)C(=O)Nc1ccc(Cl)cc1F. The number of benzene rings is 2. The fourth-order valence-electron chi connectivity index (χ4n) is 1.54. The summed E-state index contributed by atoms with van der Waals surface area (Å²) in [5.41, 5.74) is -0.442. The first-order valence-electron chi connectivity index (χ1n) is 5.89. The third-order valence-electron chi connectivity index (χ3n) is 2.56. The summed E-state index contributed by atoms with van der Waals surface area (Å²) < 4.78 is 27.0. The van der Waals surface area contributed by atoms with E-state index in [1.54, 1.807) is 0 Å². The van der Waals surface area contributed by atoms with Gasteiger partial charge in [-0.05, 0) is 36.4 Å². The molecular weight excluding hydrogens is 337 g/mol. The average molecular weight is 345 g/mol. The molecule has 0 aromatic heterocycles. The van der Waals surface area contributed by atoms with Gasteiger partial charge in [0.25, 0.3) is 0 Å².